The van der Waals surface area contributed by atoms with E-state index in [0.717, 1.165) is 12.1 Å². The molecule has 0 heterocycles. The van der Waals surface area contributed by atoms with Crippen LogP contribution < -0.4 is 11.1 Å². The van der Waals surface area contributed by atoms with Gasteiger partial charge in [-0.15, -0.1) is 0 Å². The smallest absolute Gasteiger partial charge is 0.352 e. The summed E-state index contributed by atoms with van der Waals surface area (Å²) in [6.07, 6.45) is -3.43. The summed E-state index contributed by atoms with van der Waals surface area (Å²) in [6, 6.07) is 4.67. The molecule has 1 amide bonds. The Balaban J connectivity index is 2.44. The zero-order valence-corrected chi connectivity index (χ0v) is 10.6. The number of amides is 1. The van der Waals surface area contributed by atoms with Gasteiger partial charge in [-0.1, -0.05) is 12.1 Å². The van der Waals surface area contributed by atoms with Gasteiger partial charge in [-0.2, -0.15) is 13.2 Å². The Kier molecular flexibility index (Phi) is 5.35. The highest BCUT2D eigenvalue weighted by Crippen LogP contribution is 2.28. The average molecular weight is 274 g/mol. The number of halogens is 3. The van der Waals surface area contributed by atoms with Crippen LogP contribution in [0.15, 0.2) is 24.3 Å². The summed E-state index contributed by atoms with van der Waals surface area (Å²) < 4.78 is 37.0. The molecular weight excluding hydrogens is 257 g/mol. The first-order valence-electron chi connectivity index (χ1n) is 5.97. The predicted molar refractivity (Wildman–Crippen MR) is 66.2 cm³/mol. The zero-order valence-electron chi connectivity index (χ0n) is 10.6. The lowest BCUT2D eigenvalue weighted by Crippen LogP contribution is -2.25. The van der Waals surface area contributed by atoms with Gasteiger partial charge >= 0.3 is 6.18 Å². The van der Waals surface area contributed by atoms with Gasteiger partial charge in [0.15, 0.2) is 0 Å². The van der Waals surface area contributed by atoms with Crippen molar-refractivity contribution < 1.29 is 18.0 Å². The van der Waals surface area contributed by atoms with Crippen molar-refractivity contribution in [3.63, 3.8) is 0 Å². The lowest BCUT2D eigenvalue weighted by molar-refractivity contribution is -0.137. The predicted octanol–water partition coefficient (Wildman–Crippen LogP) is 2.45. The molecule has 0 bridgehead atoms. The SMILES string of the molecule is CC(N)CCC(=O)NCc1ccc(C(F)(F)F)cc1. The van der Waals surface area contributed by atoms with Crippen molar-refractivity contribution >= 4 is 5.91 Å². The summed E-state index contributed by atoms with van der Waals surface area (Å²) in [5.41, 5.74) is 5.45. The molecule has 106 valence electrons. The standard InChI is InChI=1S/C13H17F3N2O/c1-9(17)2-7-12(19)18-8-10-3-5-11(6-4-10)13(14,15)16/h3-6,9H,2,7-8,17H2,1H3,(H,18,19). The summed E-state index contributed by atoms with van der Waals surface area (Å²) >= 11 is 0. The summed E-state index contributed by atoms with van der Waals surface area (Å²) in [5.74, 6) is -0.155. The second-order valence-electron chi connectivity index (χ2n) is 4.49. The van der Waals surface area contributed by atoms with Crippen LogP contribution in [0.3, 0.4) is 0 Å². The first-order chi connectivity index (χ1) is 8.79. The van der Waals surface area contributed by atoms with Gasteiger partial charge in [0, 0.05) is 19.0 Å². The molecule has 0 radical (unpaired) electrons. The van der Waals surface area contributed by atoms with Crippen molar-refractivity contribution in [3.05, 3.63) is 35.4 Å². The molecule has 3 N–H and O–H groups in total. The first-order valence-corrected chi connectivity index (χ1v) is 5.97. The minimum absolute atomic E-state index is 0.0446. The third-order valence-electron chi connectivity index (χ3n) is 2.60. The molecule has 0 spiro atoms. The van der Waals surface area contributed by atoms with Crippen molar-refractivity contribution in [3.8, 4) is 0 Å². The molecule has 6 heteroatoms. The van der Waals surface area contributed by atoms with Crippen molar-refractivity contribution in [1.82, 2.24) is 5.32 Å². The lowest BCUT2D eigenvalue weighted by Gasteiger charge is -2.09. The van der Waals surface area contributed by atoms with Crippen LogP contribution in [0.25, 0.3) is 0 Å². The number of nitrogens with one attached hydrogen (secondary N) is 1. The van der Waals surface area contributed by atoms with Crippen LogP contribution >= 0.6 is 0 Å². The summed E-state index contributed by atoms with van der Waals surface area (Å²) in [7, 11) is 0. The van der Waals surface area contributed by atoms with Gasteiger partial charge < -0.3 is 11.1 Å². The Morgan fingerprint density at radius 1 is 1.32 bits per heavy atom. The largest absolute Gasteiger partial charge is 0.416 e. The van der Waals surface area contributed by atoms with Gasteiger partial charge in [0.05, 0.1) is 5.56 Å². The van der Waals surface area contributed by atoms with E-state index < -0.39 is 11.7 Å². The van der Waals surface area contributed by atoms with E-state index in [1.165, 1.54) is 12.1 Å². The van der Waals surface area contributed by atoms with Crippen molar-refractivity contribution in [1.29, 1.82) is 0 Å². The van der Waals surface area contributed by atoms with E-state index in [4.69, 9.17) is 5.73 Å². The van der Waals surface area contributed by atoms with Gasteiger partial charge in [0.25, 0.3) is 0 Å². The van der Waals surface area contributed by atoms with E-state index in [-0.39, 0.29) is 18.5 Å². The molecule has 0 saturated carbocycles. The maximum atomic E-state index is 12.3. The van der Waals surface area contributed by atoms with E-state index in [1.54, 1.807) is 0 Å². The second kappa shape index (κ2) is 6.56. The number of hydrogen-bond acceptors (Lipinski definition) is 2. The van der Waals surface area contributed by atoms with E-state index in [0.29, 0.717) is 18.4 Å². The van der Waals surface area contributed by atoms with E-state index in [1.807, 2.05) is 6.92 Å². The highest BCUT2D eigenvalue weighted by molar-refractivity contribution is 5.75. The van der Waals surface area contributed by atoms with Crippen LogP contribution in [-0.4, -0.2) is 11.9 Å². The summed E-state index contributed by atoms with van der Waals surface area (Å²) in [6.45, 7) is 2.03. The topological polar surface area (TPSA) is 55.1 Å². The van der Waals surface area contributed by atoms with Gasteiger partial charge in [-0.25, -0.2) is 0 Å². The minimum Gasteiger partial charge on any atom is -0.352 e. The van der Waals surface area contributed by atoms with Crippen molar-refractivity contribution in [2.45, 2.75) is 38.5 Å². The van der Waals surface area contributed by atoms with E-state index >= 15 is 0 Å². The molecule has 0 fully saturated rings. The third kappa shape index (κ3) is 5.74. The molecule has 0 aliphatic rings. The molecule has 1 aromatic carbocycles. The normalized spacial score (nSPS) is 13.1. The minimum atomic E-state index is -4.33. The molecule has 3 nitrogen and oxygen atoms in total. The van der Waals surface area contributed by atoms with Gasteiger partial charge in [0.2, 0.25) is 5.91 Å². The lowest BCUT2D eigenvalue weighted by atomic mass is 10.1. The highest BCUT2D eigenvalue weighted by Gasteiger charge is 2.29. The number of hydrogen-bond donors (Lipinski definition) is 2. The number of carbonyl (C=O) groups is 1. The summed E-state index contributed by atoms with van der Waals surface area (Å²) in [5, 5.41) is 2.64. The van der Waals surface area contributed by atoms with Crippen LogP contribution in [-0.2, 0) is 17.5 Å². The van der Waals surface area contributed by atoms with Gasteiger partial charge in [-0.3, -0.25) is 4.79 Å². The number of rotatable bonds is 5. The average Bonchev–Trinajstić information content (AvgIpc) is 2.33. The molecule has 1 rings (SSSR count). The monoisotopic (exact) mass is 274 g/mol. The quantitative estimate of drug-likeness (QED) is 0.866. The first kappa shape index (κ1) is 15.5. The van der Waals surface area contributed by atoms with Crippen LogP contribution in [0.1, 0.15) is 30.9 Å². The Labute approximate surface area is 110 Å². The van der Waals surface area contributed by atoms with Crippen LogP contribution in [0.2, 0.25) is 0 Å². The Hall–Kier alpha value is -1.56. The Morgan fingerprint density at radius 3 is 2.37 bits per heavy atom. The fourth-order valence-electron chi connectivity index (χ4n) is 1.46. The fraction of sp³-hybridized carbons (Fsp3) is 0.462. The van der Waals surface area contributed by atoms with Crippen molar-refractivity contribution in [2.24, 2.45) is 5.73 Å². The Morgan fingerprint density at radius 2 is 1.89 bits per heavy atom. The van der Waals surface area contributed by atoms with E-state index in [9.17, 15) is 18.0 Å². The van der Waals surface area contributed by atoms with Crippen LogP contribution in [0, 0.1) is 0 Å². The molecule has 0 aliphatic carbocycles. The number of alkyl halides is 3. The molecule has 1 atom stereocenters. The van der Waals surface area contributed by atoms with Crippen molar-refractivity contribution in [2.75, 3.05) is 0 Å². The molecule has 0 saturated heterocycles. The van der Waals surface area contributed by atoms with Crippen LogP contribution in [0.5, 0.6) is 0 Å². The molecule has 0 aromatic heterocycles. The molecule has 0 aliphatic heterocycles. The number of benzene rings is 1. The van der Waals surface area contributed by atoms with Gasteiger partial charge in [-0.05, 0) is 31.0 Å². The summed E-state index contributed by atoms with van der Waals surface area (Å²) in [4.78, 5) is 11.4. The number of carbonyl (C=O) groups excluding carboxylic acids is 1. The molecule has 1 unspecified atom stereocenters. The second-order valence-corrected chi connectivity index (χ2v) is 4.49. The maximum Gasteiger partial charge on any atom is 0.416 e. The third-order valence-corrected chi connectivity index (χ3v) is 2.60. The Bertz CT molecular complexity index is 413. The fourth-order valence-corrected chi connectivity index (χ4v) is 1.46. The van der Waals surface area contributed by atoms with E-state index in [2.05, 4.69) is 5.32 Å². The maximum absolute atomic E-state index is 12.3. The zero-order chi connectivity index (χ0) is 14.5. The highest BCUT2D eigenvalue weighted by atomic mass is 19.4. The molecule has 1 aromatic rings. The molecule has 19 heavy (non-hydrogen) atoms. The van der Waals surface area contributed by atoms with Crippen LogP contribution in [0.4, 0.5) is 13.2 Å². The van der Waals surface area contributed by atoms with Gasteiger partial charge in [0.1, 0.15) is 0 Å². The molecular formula is C13H17F3N2O. The number of nitrogens with two attached hydrogens (primary N) is 1.